The Morgan fingerprint density at radius 1 is 1.60 bits per heavy atom. The standard InChI is InChI=1S/C13H20N4O3/c1-9(2)17-8-10(6-15-17)7-16-4-3-14-13(20)11(16)5-12(18)19/h6,8-9,11H,3-5,7H2,1-2H3,(H,14,20)(H,18,19). The summed E-state index contributed by atoms with van der Waals surface area (Å²) in [5.41, 5.74) is 0.990. The molecule has 1 fully saturated rings. The number of nitrogens with zero attached hydrogens (tertiary/aromatic N) is 3. The first-order chi connectivity index (χ1) is 9.47. The molecule has 0 spiro atoms. The first-order valence-corrected chi connectivity index (χ1v) is 6.74. The molecule has 0 aliphatic carbocycles. The van der Waals surface area contributed by atoms with Crippen molar-refractivity contribution in [1.82, 2.24) is 20.0 Å². The second-order valence-corrected chi connectivity index (χ2v) is 5.30. The number of carboxylic acid groups (broad SMARTS) is 1. The van der Waals surface area contributed by atoms with Crippen LogP contribution >= 0.6 is 0 Å². The van der Waals surface area contributed by atoms with E-state index in [1.165, 1.54) is 0 Å². The van der Waals surface area contributed by atoms with Gasteiger partial charge in [-0.3, -0.25) is 19.2 Å². The van der Waals surface area contributed by atoms with Crippen LogP contribution in [0.3, 0.4) is 0 Å². The number of nitrogens with one attached hydrogen (secondary N) is 1. The predicted molar refractivity (Wildman–Crippen MR) is 72.1 cm³/mol. The van der Waals surface area contributed by atoms with Crippen LogP contribution in [0.4, 0.5) is 0 Å². The van der Waals surface area contributed by atoms with Gasteiger partial charge in [-0.2, -0.15) is 5.10 Å². The van der Waals surface area contributed by atoms with E-state index in [4.69, 9.17) is 5.11 Å². The Bertz CT molecular complexity index is 498. The Morgan fingerprint density at radius 3 is 2.95 bits per heavy atom. The number of amides is 1. The molecule has 1 aromatic rings. The number of carboxylic acids is 1. The molecule has 1 aliphatic rings. The molecule has 1 aromatic heterocycles. The van der Waals surface area contributed by atoms with Gasteiger partial charge < -0.3 is 10.4 Å². The van der Waals surface area contributed by atoms with Crippen LogP contribution in [0.25, 0.3) is 0 Å². The monoisotopic (exact) mass is 280 g/mol. The normalized spacial score (nSPS) is 20.1. The summed E-state index contributed by atoms with van der Waals surface area (Å²) >= 11 is 0. The fourth-order valence-electron chi connectivity index (χ4n) is 2.31. The minimum absolute atomic E-state index is 0.176. The molecule has 1 unspecified atom stereocenters. The molecule has 1 saturated heterocycles. The molecule has 7 nitrogen and oxygen atoms in total. The molecule has 110 valence electrons. The lowest BCUT2D eigenvalue weighted by Crippen LogP contribution is -2.55. The Balaban J connectivity index is 2.07. The van der Waals surface area contributed by atoms with Crippen molar-refractivity contribution in [1.29, 1.82) is 0 Å². The van der Waals surface area contributed by atoms with Crippen molar-refractivity contribution >= 4 is 11.9 Å². The van der Waals surface area contributed by atoms with E-state index < -0.39 is 12.0 Å². The summed E-state index contributed by atoms with van der Waals surface area (Å²) in [4.78, 5) is 24.6. The zero-order valence-corrected chi connectivity index (χ0v) is 11.7. The van der Waals surface area contributed by atoms with Gasteiger partial charge in [0, 0.05) is 37.4 Å². The maximum atomic E-state index is 11.8. The number of aliphatic carboxylic acids is 1. The molecule has 1 amide bonds. The molecule has 20 heavy (non-hydrogen) atoms. The third-order valence-electron chi connectivity index (χ3n) is 3.38. The molecule has 2 rings (SSSR count). The molecule has 0 aromatic carbocycles. The van der Waals surface area contributed by atoms with Crippen LogP contribution in [-0.4, -0.2) is 50.8 Å². The van der Waals surface area contributed by atoms with Gasteiger partial charge in [-0.05, 0) is 13.8 Å². The molecule has 0 bridgehead atoms. The van der Waals surface area contributed by atoms with Crippen molar-refractivity contribution in [3.63, 3.8) is 0 Å². The van der Waals surface area contributed by atoms with Gasteiger partial charge in [0.05, 0.1) is 12.6 Å². The minimum Gasteiger partial charge on any atom is -0.481 e. The number of carbonyl (C=O) groups is 2. The van der Waals surface area contributed by atoms with Gasteiger partial charge in [0.15, 0.2) is 0 Å². The maximum absolute atomic E-state index is 11.8. The van der Waals surface area contributed by atoms with Crippen LogP contribution in [-0.2, 0) is 16.1 Å². The van der Waals surface area contributed by atoms with E-state index in [0.29, 0.717) is 19.6 Å². The Hall–Kier alpha value is -1.89. The van der Waals surface area contributed by atoms with Crippen molar-refractivity contribution < 1.29 is 14.7 Å². The molecule has 2 N–H and O–H groups in total. The van der Waals surface area contributed by atoms with Gasteiger partial charge in [0.2, 0.25) is 5.91 Å². The quantitative estimate of drug-likeness (QED) is 0.806. The van der Waals surface area contributed by atoms with Crippen LogP contribution < -0.4 is 5.32 Å². The highest BCUT2D eigenvalue weighted by Crippen LogP contribution is 2.14. The third kappa shape index (κ3) is 3.36. The summed E-state index contributed by atoms with van der Waals surface area (Å²) in [5, 5.41) is 15.9. The average molecular weight is 280 g/mol. The zero-order valence-electron chi connectivity index (χ0n) is 11.7. The first kappa shape index (κ1) is 14.5. The van der Waals surface area contributed by atoms with E-state index in [2.05, 4.69) is 10.4 Å². The fourth-order valence-corrected chi connectivity index (χ4v) is 2.31. The number of piperazine rings is 1. The summed E-state index contributed by atoms with van der Waals surface area (Å²) in [6, 6.07) is -0.327. The molecule has 0 radical (unpaired) electrons. The lowest BCUT2D eigenvalue weighted by molar-refractivity contribution is -0.143. The van der Waals surface area contributed by atoms with Gasteiger partial charge in [-0.1, -0.05) is 0 Å². The lowest BCUT2D eigenvalue weighted by Gasteiger charge is -2.33. The smallest absolute Gasteiger partial charge is 0.305 e. The van der Waals surface area contributed by atoms with Gasteiger partial charge in [-0.15, -0.1) is 0 Å². The van der Waals surface area contributed by atoms with E-state index in [1.807, 2.05) is 29.6 Å². The summed E-state index contributed by atoms with van der Waals surface area (Å²) in [6.07, 6.45) is 3.53. The van der Waals surface area contributed by atoms with E-state index in [1.54, 1.807) is 6.20 Å². The van der Waals surface area contributed by atoms with Crippen LogP contribution in [0.5, 0.6) is 0 Å². The van der Waals surface area contributed by atoms with Crippen molar-refractivity contribution in [2.24, 2.45) is 0 Å². The first-order valence-electron chi connectivity index (χ1n) is 6.74. The SMILES string of the molecule is CC(C)n1cc(CN2CCNC(=O)C2CC(=O)O)cn1. The Kier molecular flexibility index (Phi) is 4.39. The molecular weight excluding hydrogens is 260 g/mol. The summed E-state index contributed by atoms with van der Waals surface area (Å²) in [5.74, 6) is -1.18. The second-order valence-electron chi connectivity index (χ2n) is 5.30. The zero-order chi connectivity index (χ0) is 14.7. The van der Waals surface area contributed by atoms with E-state index in [-0.39, 0.29) is 18.4 Å². The number of hydrogen-bond acceptors (Lipinski definition) is 4. The van der Waals surface area contributed by atoms with Crippen molar-refractivity contribution in [2.45, 2.75) is 38.9 Å². The average Bonchev–Trinajstić information content (AvgIpc) is 2.82. The van der Waals surface area contributed by atoms with Gasteiger partial charge >= 0.3 is 5.97 Å². The topological polar surface area (TPSA) is 87.5 Å². The Labute approximate surface area is 117 Å². The summed E-state index contributed by atoms with van der Waals surface area (Å²) in [7, 11) is 0. The third-order valence-corrected chi connectivity index (χ3v) is 3.38. The largest absolute Gasteiger partial charge is 0.481 e. The second kappa shape index (κ2) is 6.04. The predicted octanol–water partition coefficient (Wildman–Crippen LogP) is 0.239. The van der Waals surface area contributed by atoms with Gasteiger partial charge in [0.1, 0.15) is 6.04 Å². The fraction of sp³-hybridized carbons (Fsp3) is 0.615. The molecular formula is C13H20N4O3. The minimum atomic E-state index is -0.963. The highest BCUT2D eigenvalue weighted by atomic mass is 16.4. The molecule has 7 heteroatoms. The number of hydrogen-bond donors (Lipinski definition) is 2. The van der Waals surface area contributed by atoms with E-state index >= 15 is 0 Å². The number of aromatic nitrogens is 2. The maximum Gasteiger partial charge on any atom is 0.305 e. The van der Waals surface area contributed by atoms with E-state index in [9.17, 15) is 9.59 Å². The lowest BCUT2D eigenvalue weighted by atomic mass is 10.1. The van der Waals surface area contributed by atoms with Crippen molar-refractivity contribution in [2.75, 3.05) is 13.1 Å². The van der Waals surface area contributed by atoms with Crippen LogP contribution in [0.2, 0.25) is 0 Å². The van der Waals surface area contributed by atoms with Crippen LogP contribution in [0, 0.1) is 0 Å². The molecule has 1 atom stereocenters. The molecule has 0 saturated carbocycles. The number of rotatable bonds is 5. The van der Waals surface area contributed by atoms with E-state index in [0.717, 1.165) is 5.56 Å². The van der Waals surface area contributed by atoms with Crippen molar-refractivity contribution in [3.8, 4) is 0 Å². The van der Waals surface area contributed by atoms with Crippen molar-refractivity contribution in [3.05, 3.63) is 18.0 Å². The van der Waals surface area contributed by atoms with Gasteiger partial charge in [0.25, 0.3) is 0 Å². The van der Waals surface area contributed by atoms with Gasteiger partial charge in [-0.25, -0.2) is 0 Å². The molecule has 2 heterocycles. The Morgan fingerprint density at radius 2 is 2.35 bits per heavy atom. The van der Waals surface area contributed by atoms with Crippen LogP contribution in [0.1, 0.15) is 31.9 Å². The highest BCUT2D eigenvalue weighted by Gasteiger charge is 2.31. The summed E-state index contributed by atoms with van der Waals surface area (Å²) in [6.45, 7) is 5.82. The molecule has 1 aliphatic heterocycles. The highest BCUT2D eigenvalue weighted by molar-refractivity contribution is 5.86. The number of carbonyl (C=O) groups excluding carboxylic acids is 1. The van der Waals surface area contributed by atoms with Crippen LogP contribution in [0.15, 0.2) is 12.4 Å². The summed E-state index contributed by atoms with van der Waals surface area (Å²) < 4.78 is 1.85.